The van der Waals surface area contributed by atoms with Crippen LogP contribution in [0.15, 0.2) is 48.5 Å². The number of aromatic nitrogens is 2. The van der Waals surface area contributed by atoms with Crippen LogP contribution in [-0.2, 0) is 0 Å². The van der Waals surface area contributed by atoms with Crippen LogP contribution in [0.25, 0.3) is 0 Å². The van der Waals surface area contributed by atoms with E-state index in [4.69, 9.17) is 11.6 Å². The fourth-order valence-corrected chi connectivity index (χ4v) is 2.79. The van der Waals surface area contributed by atoms with Gasteiger partial charge in [-0.05, 0) is 61.9 Å². The van der Waals surface area contributed by atoms with Crippen molar-refractivity contribution in [3.8, 4) is 0 Å². The molecule has 0 fully saturated rings. The Kier molecular flexibility index (Phi) is 5.28. The van der Waals surface area contributed by atoms with E-state index in [-0.39, 0.29) is 0 Å². The Balaban J connectivity index is 1.81. The molecule has 0 saturated heterocycles. The first-order valence-electron chi connectivity index (χ1n) is 8.34. The lowest BCUT2D eigenvalue weighted by Gasteiger charge is -2.14. The molecule has 0 unspecified atom stereocenters. The van der Waals surface area contributed by atoms with Gasteiger partial charge in [0, 0.05) is 47.9 Å². The van der Waals surface area contributed by atoms with Crippen molar-refractivity contribution in [2.24, 2.45) is 0 Å². The molecule has 0 atom stereocenters. The topological polar surface area (TPSA) is 53.1 Å². The first kappa shape index (κ1) is 18.0. The minimum absolute atomic E-state index is 0.553. The molecule has 0 saturated carbocycles. The summed E-state index contributed by atoms with van der Waals surface area (Å²) in [5.74, 6) is 1.28. The second kappa shape index (κ2) is 7.62. The van der Waals surface area contributed by atoms with Crippen LogP contribution in [0, 0.1) is 13.8 Å². The lowest BCUT2D eigenvalue weighted by molar-refractivity contribution is 1.10. The molecule has 3 rings (SSSR count). The summed E-state index contributed by atoms with van der Waals surface area (Å²) in [4.78, 5) is 11.1. The summed E-state index contributed by atoms with van der Waals surface area (Å²) in [6.07, 6.45) is 0. The van der Waals surface area contributed by atoms with Crippen LogP contribution >= 0.6 is 11.6 Å². The van der Waals surface area contributed by atoms with Gasteiger partial charge in [0.25, 0.3) is 0 Å². The summed E-state index contributed by atoms with van der Waals surface area (Å²) in [5.41, 5.74) is 4.98. The third-order valence-corrected chi connectivity index (χ3v) is 4.18. The number of benzene rings is 2. The van der Waals surface area contributed by atoms with E-state index in [0.717, 1.165) is 39.2 Å². The minimum Gasteiger partial charge on any atom is -0.378 e. The maximum atomic E-state index is 6.02. The van der Waals surface area contributed by atoms with Crippen molar-refractivity contribution >= 4 is 40.4 Å². The quantitative estimate of drug-likeness (QED) is 0.640. The van der Waals surface area contributed by atoms with Gasteiger partial charge in [0.05, 0.1) is 0 Å². The van der Waals surface area contributed by atoms with E-state index in [1.165, 1.54) is 0 Å². The Bertz CT molecular complexity index is 907. The summed E-state index contributed by atoms with van der Waals surface area (Å²) in [6, 6.07) is 15.8. The molecule has 0 radical (unpaired) electrons. The van der Waals surface area contributed by atoms with Crippen molar-refractivity contribution < 1.29 is 0 Å². The second-order valence-electron chi connectivity index (χ2n) is 6.37. The third kappa shape index (κ3) is 4.43. The molecule has 2 aromatic carbocycles. The molecule has 0 spiro atoms. The molecule has 3 aromatic rings. The number of hydrogen-bond donors (Lipinski definition) is 2. The van der Waals surface area contributed by atoms with Crippen molar-refractivity contribution in [3.63, 3.8) is 0 Å². The fraction of sp³-hybridized carbons (Fsp3) is 0.200. The standard InChI is InChI=1S/C20H22ClN5/c1-13-11-15(21)5-10-18(13)24-19-12-14(2)22-20(25-19)23-16-6-8-17(9-7-16)26(3)4/h5-12H,1-4H3,(H2,22,23,24,25). The predicted octanol–water partition coefficient (Wildman–Crippen LogP) is 5.30. The van der Waals surface area contributed by atoms with E-state index in [9.17, 15) is 0 Å². The number of aryl methyl sites for hydroxylation is 2. The molecule has 1 aromatic heterocycles. The molecule has 0 aliphatic heterocycles. The number of nitrogens with zero attached hydrogens (tertiary/aromatic N) is 3. The lowest BCUT2D eigenvalue weighted by Crippen LogP contribution is -2.08. The molecule has 0 amide bonds. The highest BCUT2D eigenvalue weighted by molar-refractivity contribution is 6.30. The SMILES string of the molecule is Cc1cc(Nc2ccc(Cl)cc2C)nc(Nc2ccc(N(C)C)cc2)n1. The number of halogens is 1. The van der Waals surface area contributed by atoms with Crippen LogP contribution in [0.4, 0.5) is 28.8 Å². The van der Waals surface area contributed by atoms with Gasteiger partial charge in [0.2, 0.25) is 5.95 Å². The maximum Gasteiger partial charge on any atom is 0.229 e. The van der Waals surface area contributed by atoms with Crippen LogP contribution in [0.3, 0.4) is 0 Å². The van der Waals surface area contributed by atoms with E-state index in [1.54, 1.807) is 0 Å². The number of nitrogens with one attached hydrogen (secondary N) is 2. The highest BCUT2D eigenvalue weighted by atomic mass is 35.5. The van der Waals surface area contributed by atoms with Gasteiger partial charge >= 0.3 is 0 Å². The van der Waals surface area contributed by atoms with Crippen molar-refractivity contribution in [3.05, 3.63) is 64.8 Å². The van der Waals surface area contributed by atoms with Crippen LogP contribution < -0.4 is 15.5 Å². The fourth-order valence-electron chi connectivity index (χ4n) is 2.57. The summed E-state index contributed by atoms with van der Waals surface area (Å²) >= 11 is 6.02. The van der Waals surface area contributed by atoms with Gasteiger partial charge in [0.15, 0.2) is 0 Å². The van der Waals surface area contributed by atoms with Gasteiger partial charge < -0.3 is 15.5 Å². The molecule has 134 valence electrons. The van der Waals surface area contributed by atoms with E-state index >= 15 is 0 Å². The average molecular weight is 368 g/mol. The molecule has 6 heteroatoms. The highest BCUT2D eigenvalue weighted by Crippen LogP contribution is 2.24. The van der Waals surface area contributed by atoms with Gasteiger partial charge in [-0.2, -0.15) is 4.98 Å². The molecule has 5 nitrogen and oxygen atoms in total. The summed E-state index contributed by atoms with van der Waals surface area (Å²) in [6.45, 7) is 3.95. The minimum atomic E-state index is 0.553. The smallest absolute Gasteiger partial charge is 0.229 e. The van der Waals surface area contributed by atoms with Crippen LogP contribution in [0.2, 0.25) is 5.02 Å². The molecule has 0 aliphatic rings. The van der Waals surface area contributed by atoms with Crippen molar-refractivity contribution in [1.29, 1.82) is 0 Å². The Hall–Kier alpha value is -2.79. The molecule has 0 aliphatic carbocycles. The third-order valence-electron chi connectivity index (χ3n) is 3.95. The van der Waals surface area contributed by atoms with Gasteiger partial charge in [-0.3, -0.25) is 0 Å². The second-order valence-corrected chi connectivity index (χ2v) is 6.81. The van der Waals surface area contributed by atoms with Gasteiger partial charge in [-0.15, -0.1) is 0 Å². The summed E-state index contributed by atoms with van der Waals surface area (Å²) in [5, 5.41) is 7.31. The van der Waals surface area contributed by atoms with Crippen LogP contribution in [0.1, 0.15) is 11.3 Å². The summed E-state index contributed by atoms with van der Waals surface area (Å²) in [7, 11) is 4.03. The molecule has 2 N–H and O–H groups in total. The van der Waals surface area contributed by atoms with Gasteiger partial charge in [0.1, 0.15) is 5.82 Å². The van der Waals surface area contributed by atoms with E-state index in [1.807, 2.05) is 76.5 Å². The number of rotatable bonds is 5. The highest BCUT2D eigenvalue weighted by Gasteiger charge is 2.06. The van der Waals surface area contributed by atoms with Gasteiger partial charge in [-0.25, -0.2) is 4.98 Å². The normalized spacial score (nSPS) is 10.5. The zero-order chi connectivity index (χ0) is 18.7. The molecule has 26 heavy (non-hydrogen) atoms. The Labute approximate surface area is 159 Å². The molecular weight excluding hydrogens is 346 g/mol. The first-order chi connectivity index (χ1) is 12.4. The first-order valence-corrected chi connectivity index (χ1v) is 8.72. The van der Waals surface area contributed by atoms with Crippen molar-refractivity contribution in [2.45, 2.75) is 13.8 Å². The average Bonchev–Trinajstić information content (AvgIpc) is 2.57. The van der Waals surface area contributed by atoms with Gasteiger partial charge in [-0.1, -0.05) is 11.6 Å². The van der Waals surface area contributed by atoms with E-state index in [0.29, 0.717) is 5.95 Å². The zero-order valence-corrected chi connectivity index (χ0v) is 16.1. The Morgan fingerprint density at radius 3 is 2.27 bits per heavy atom. The van der Waals surface area contributed by atoms with Crippen LogP contribution in [-0.4, -0.2) is 24.1 Å². The predicted molar refractivity (Wildman–Crippen MR) is 110 cm³/mol. The van der Waals surface area contributed by atoms with Crippen LogP contribution in [0.5, 0.6) is 0 Å². The van der Waals surface area contributed by atoms with E-state index in [2.05, 4.69) is 25.5 Å². The zero-order valence-electron chi connectivity index (χ0n) is 15.3. The lowest BCUT2D eigenvalue weighted by atomic mass is 10.2. The van der Waals surface area contributed by atoms with Crippen molar-refractivity contribution in [1.82, 2.24) is 9.97 Å². The monoisotopic (exact) mass is 367 g/mol. The molecule has 0 bridgehead atoms. The Morgan fingerprint density at radius 2 is 1.62 bits per heavy atom. The maximum absolute atomic E-state index is 6.02. The Morgan fingerprint density at radius 1 is 0.885 bits per heavy atom. The number of anilines is 5. The number of hydrogen-bond acceptors (Lipinski definition) is 5. The summed E-state index contributed by atoms with van der Waals surface area (Å²) < 4.78 is 0. The van der Waals surface area contributed by atoms with Crippen molar-refractivity contribution in [2.75, 3.05) is 29.6 Å². The molecule has 1 heterocycles. The van der Waals surface area contributed by atoms with E-state index < -0.39 is 0 Å². The largest absolute Gasteiger partial charge is 0.378 e. The molecular formula is C20H22ClN5.